The molecule has 1 N–H and O–H groups in total. The Labute approximate surface area is 190 Å². The van der Waals surface area contributed by atoms with Crippen LogP contribution in [0.25, 0.3) is 11.4 Å². The average molecular weight is 455 g/mol. The third-order valence-corrected chi connectivity index (χ3v) is 5.65. The molecule has 6 nitrogen and oxygen atoms in total. The van der Waals surface area contributed by atoms with Crippen LogP contribution in [0.15, 0.2) is 66.3 Å². The van der Waals surface area contributed by atoms with Crippen molar-refractivity contribution in [3.63, 3.8) is 0 Å². The zero-order chi connectivity index (χ0) is 22.2. The molecule has 8 heteroatoms. The summed E-state index contributed by atoms with van der Waals surface area (Å²) in [6, 6.07) is 14.3. The van der Waals surface area contributed by atoms with E-state index < -0.39 is 0 Å². The summed E-state index contributed by atoms with van der Waals surface area (Å²) in [6.45, 7) is 6.28. The van der Waals surface area contributed by atoms with Crippen LogP contribution in [0.2, 0.25) is 5.02 Å². The molecule has 160 valence electrons. The van der Waals surface area contributed by atoms with E-state index in [-0.39, 0.29) is 17.4 Å². The number of hydrogen-bond acceptors (Lipinski definition) is 5. The Hall–Kier alpha value is -2.90. The molecule has 0 saturated heterocycles. The van der Waals surface area contributed by atoms with Gasteiger partial charge in [-0.2, -0.15) is 0 Å². The standard InChI is InChI=1S/C23H23ClN4O2S/c1-3-5-21(30)25-19-12-8-16(9-13-19)20(29)15-31-23-27-26-22(28(23)14-4-2)17-6-10-18(24)11-7-17/h4,6-13H,2-3,5,14-15H2,1H3,(H,25,30). The molecule has 3 rings (SSSR count). The van der Waals surface area contributed by atoms with Crippen LogP contribution in [0, 0.1) is 0 Å². The van der Waals surface area contributed by atoms with Crippen LogP contribution in [0.4, 0.5) is 5.69 Å². The summed E-state index contributed by atoms with van der Waals surface area (Å²) < 4.78 is 1.92. The van der Waals surface area contributed by atoms with Crippen LogP contribution in [-0.4, -0.2) is 32.2 Å². The van der Waals surface area contributed by atoms with Gasteiger partial charge in [0.15, 0.2) is 16.8 Å². The molecule has 3 aromatic rings. The topological polar surface area (TPSA) is 76.9 Å². The first-order chi connectivity index (χ1) is 15.0. The molecule has 0 saturated carbocycles. The number of carbonyl (C=O) groups is 2. The first-order valence-corrected chi connectivity index (χ1v) is 11.2. The van der Waals surface area contributed by atoms with Crippen LogP contribution >= 0.6 is 23.4 Å². The second-order valence-electron chi connectivity index (χ2n) is 6.80. The number of nitrogens with zero attached hydrogens (tertiary/aromatic N) is 3. The highest BCUT2D eigenvalue weighted by molar-refractivity contribution is 7.99. The number of anilines is 1. The number of amides is 1. The minimum absolute atomic E-state index is 0.0300. The summed E-state index contributed by atoms with van der Waals surface area (Å²) in [5.74, 6) is 0.851. The fraction of sp³-hybridized carbons (Fsp3) is 0.217. The fourth-order valence-corrected chi connectivity index (χ4v) is 3.87. The van der Waals surface area contributed by atoms with Gasteiger partial charge in [0.05, 0.1) is 5.75 Å². The van der Waals surface area contributed by atoms with E-state index in [1.54, 1.807) is 42.5 Å². The summed E-state index contributed by atoms with van der Waals surface area (Å²) in [5.41, 5.74) is 2.15. The second kappa shape index (κ2) is 10.9. The Morgan fingerprint density at radius 1 is 1.13 bits per heavy atom. The largest absolute Gasteiger partial charge is 0.326 e. The van der Waals surface area contributed by atoms with Crippen molar-refractivity contribution >= 4 is 40.7 Å². The maximum Gasteiger partial charge on any atom is 0.224 e. The highest BCUT2D eigenvalue weighted by Gasteiger charge is 2.16. The van der Waals surface area contributed by atoms with Gasteiger partial charge in [0.2, 0.25) is 5.91 Å². The minimum atomic E-state index is -0.0322. The Balaban J connectivity index is 1.68. The number of hydrogen-bond donors (Lipinski definition) is 1. The number of benzene rings is 2. The molecule has 0 aliphatic heterocycles. The van der Waals surface area contributed by atoms with Gasteiger partial charge < -0.3 is 5.32 Å². The third-order valence-electron chi connectivity index (χ3n) is 4.43. The van der Waals surface area contributed by atoms with Gasteiger partial charge in [-0.15, -0.1) is 16.8 Å². The Morgan fingerprint density at radius 3 is 2.48 bits per heavy atom. The molecule has 1 amide bonds. The molecule has 0 radical (unpaired) electrons. The number of aromatic nitrogens is 3. The van der Waals surface area contributed by atoms with E-state index in [0.29, 0.717) is 40.2 Å². The minimum Gasteiger partial charge on any atom is -0.326 e. The van der Waals surface area contributed by atoms with Crippen LogP contribution in [-0.2, 0) is 11.3 Å². The molecule has 2 aromatic carbocycles. The lowest BCUT2D eigenvalue weighted by molar-refractivity contribution is -0.116. The van der Waals surface area contributed by atoms with Gasteiger partial charge in [-0.25, -0.2) is 0 Å². The quantitative estimate of drug-likeness (QED) is 0.249. The maximum atomic E-state index is 12.6. The van der Waals surface area contributed by atoms with E-state index in [9.17, 15) is 9.59 Å². The molecule has 31 heavy (non-hydrogen) atoms. The van der Waals surface area contributed by atoms with Crippen molar-refractivity contribution in [3.05, 3.63) is 71.8 Å². The molecule has 0 unspecified atom stereocenters. The van der Waals surface area contributed by atoms with E-state index in [2.05, 4.69) is 22.1 Å². The summed E-state index contributed by atoms with van der Waals surface area (Å²) in [5, 5.41) is 12.7. The van der Waals surface area contributed by atoms with Gasteiger partial charge >= 0.3 is 0 Å². The monoisotopic (exact) mass is 454 g/mol. The Bertz CT molecular complexity index is 1060. The third kappa shape index (κ3) is 6.06. The second-order valence-corrected chi connectivity index (χ2v) is 8.18. The van der Waals surface area contributed by atoms with E-state index in [1.165, 1.54) is 11.8 Å². The SMILES string of the molecule is C=CCn1c(SCC(=O)c2ccc(NC(=O)CCC)cc2)nnc1-c1ccc(Cl)cc1. The van der Waals surface area contributed by atoms with Gasteiger partial charge in [0, 0.05) is 34.8 Å². The van der Waals surface area contributed by atoms with Gasteiger partial charge in [-0.05, 0) is 55.0 Å². The van der Waals surface area contributed by atoms with Crippen molar-refractivity contribution in [2.45, 2.75) is 31.5 Å². The zero-order valence-corrected chi connectivity index (χ0v) is 18.7. The van der Waals surface area contributed by atoms with E-state index in [4.69, 9.17) is 11.6 Å². The average Bonchev–Trinajstić information content (AvgIpc) is 3.16. The first-order valence-electron chi connectivity index (χ1n) is 9.87. The van der Waals surface area contributed by atoms with Crippen molar-refractivity contribution in [1.29, 1.82) is 0 Å². The van der Waals surface area contributed by atoms with Crippen molar-refractivity contribution in [3.8, 4) is 11.4 Å². The molecular formula is C23H23ClN4O2S. The van der Waals surface area contributed by atoms with E-state index in [0.717, 1.165) is 12.0 Å². The van der Waals surface area contributed by atoms with Gasteiger partial charge in [0.1, 0.15) is 0 Å². The predicted octanol–water partition coefficient (Wildman–Crippen LogP) is 5.50. The molecule has 0 fully saturated rings. The zero-order valence-electron chi connectivity index (χ0n) is 17.2. The van der Waals surface area contributed by atoms with Gasteiger partial charge in [-0.1, -0.05) is 36.4 Å². The smallest absolute Gasteiger partial charge is 0.224 e. The number of Topliss-reactive ketones (excluding diaryl/α,β-unsaturated/α-hetero) is 1. The molecule has 0 aliphatic carbocycles. The number of nitrogens with one attached hydrogen (secondary N) is 1. The highest BCUT2D eigenvalue weighted by atomic mass is 35.5. The van der Waals surface area contributed by atoms with Crippen molar-refractivity contribution in [1.82, 2.24) is 14.8 Å². The Kier molecular flexibility index (Phi) is 8.03. The van der Waals surface area contributed by atoms with Crippen LogP contribution < -0.4 is 5.32 Å². The van der Waals surface area contributed by atoms with Crippen LogP contribution in [0.3, 0.4) is 0 Å². The first kappa shape index (κ1) is 22.8. The van der Waals surface area contributed by atoms with Gasteiger partial charge in [0.25, 0.3) is 0 Å². The number of thioether (sulfide) groups is 1. The summed E-state index contributed by atoms with van der Waals surface area (Å²) in [4.78, 5) is 24.3. The fourth-order valence-electron chi connectivity index (χ4n) is 2.91. The van der Waals surface area contributed by atoms with Crippen molar-refractivity contribution in [2.24, 2.45) is 0 Å². The highest BCUT2D eigenvalue weighted by Crippen LogP contribution is 2.26. The molecule has 0 atom stereocenters. The molecular weight excluding hydrogens is 432 g/mol. The lowest BCUT2D eigenvalue weighted by atomic mass is 10.1. The van der Waals surface area contributed by atoms with E-state index >= 15 is 0 Å². The number of allylic oxidation sites excluding steroid dienone is 1. The normalized spacial score (nSPS) is 10.6. The molecule has 0 aliphatic rings. The number of halogens is 1. The summed E-state index contributed by atoms with van der Waals surface area (Å²) >= 11 is 7.30. The van der Waals surface area contributed by atoms with Gasteiger partial charge in [-0.3, -0.25) is 14.2 Å². The van der Waals surface area contributed by atoms with Crippen molar-refractivity contribution in [2.75, 3.05) is 11.1 Å². The van der Waals surface area contributed by atoms with Crippen molar-refractivity contribution < 1.29 is 9.59 Å². The summed E-state index contributed by atoms with van der Waals surface area (Å²) in [7, 11) is 0. The molecule has 1 heterocycles. The van der Waals surface area contributed by atoms with Crippen LogP contribution in [0.1, 0.15) is 30.1 Å². The number of ketones is 1. The number of rotatable bonds is 10. The summed E-state index contributed by atoms with van der Waals surface area (Å²) in [6.07, 6.45) is 3.02. The molecule has 1 aromatic heterocycles. The Morgan fingerprint density at radius 2 is 1.84 bits per heavy atom. The molecule has 0 bridgehead atoms. The number of carbonyl (C=O) groups excluding carboxylic acids is 2. The molecule has 0 spiro atoms. The predicted molar refractivity (Wildman–Crippen MR) is 126 cm³/mol. The van der Waals surface area contributed by atoms with Crippen LogP contribution in [0.5, 0.6) is 0 Å². The van der Waals surface area contributed by atoms with E-state index in [1.807, 2.05) is 23.6 Å². The lowest BCUT2D eigenvalue weighted by Gasteiger charge is -2.08. The maximum absolute atomic E-state index is 12.6. The lowest BCUT2D eigenvalue weighted by Crippen LogP contribution is -2.11.